The minimum atomic E-state index is -0.565. The van der Waals surface area contributed by atoms with Crippen molar-refractivity contribution in [2.24, 2.45) is 0 Å². The standard InChI is InChI=1S/C22H20O7/c1-25-16-6-8-19(27-3)14(10-16)4-9-21(23)28-13-15-11-22(24)29-20-12-17(26-2)5-7-18(15)20/h4-12H,13H2,1-3H3/b9-4+. The second-order valence-electron chi connectivity index (χ2n) is 6.00. The molecule has 0 spiro atoms. The minimum Gasteiger partial charge on any atom is -0.497 e. The zero-order valence-corrected chi connectivity index (χ0v) is 16.3. The molecule has 3 aromatic rings. The van der Waals surface area contributed by atoms with Gasteiger partial charge in [-0.3, -0.25) is 0 Å². The molecule has 150 valence electrons. The number of methoxy groups -OCH3 is 3. The minimum absolute atomic E-state index is 0.0765. The first-order chi connectivity index (χ1) is 14.0. The van der Waals surface area contributed by atoms with Crippen LogP contribution in [0.3, 0.4) is 0 Å². The van der Waals surface area contributed by atoms with Crippen LogP contribution < -0.4 is 19.8 Å². The Morgan fingerprint density at radius 2 is 1.69 bits per heavy atom. The Labute approximate surface area is 167 Å². The summed E-state index contributed by atoms with van der Waals surface area (Å²) >= 11 is 0. The molecule has 0 fully saturated rings. The lowest BCUT2D eigenvalue weighted by Crippen LogP contribution is -2.05. The van der Waals surface area contributed by atoms with Crippen LogP contribution in [-0.4, -0.2) is 27.3 Å². The van der Waals surface area contributed by atoms with Gasteiger partial charge in [0.1, 0.15) is 29.4 Å². The molecule has 1 aromatic heterocycles. The molecule has 7 nitrogen and oxygen atoms in total. The van der Waals surface area contributed by atoms with E-state index in [4.69, 9.17) is 23.4 Å². The van der Waals surface area contributed by atoms with Gasteiger partial charge in [-0.15, -0.1) is 0 Å². The second-order valence-corrected chi connectivity index (χ2v) is 6.00. The zero-order chi connectivity index (χ0) is 20.8. The molecular formula is C22H20O7. The predicted molar refractivity (Wildman–Crippen MR) is 107 cm³/mol. The van der Waals surface area contributed by atoms with E-state index in [9.17, 15) is 9.59 Å². The van der Waals surface area contributed by atoms with Crippen LogP contribution in [0.25, 0.3) is 17.0 Å². The van der Waals surface area contributed by atoms with Gasteiger partial charge in [0.05, 0.1) is 21.3 Å². The van der Waals surface area contributed by atoms with Gasteiger partial charge >= 0.3 is 11.6 Å². The smallest absolute Gasteiger partial charge is 0.336 e. The van der Waals surface area contributed by atoms with E-state index in [1.54, 1.807) is 56.7 Å². The fraction of sp³-hybridized carbons (Fsp3) is 0.182. The number of esters is 1. The molecule has 3 rings (SSSR count). The van der Waals surface area contributed by atoms with Crippen molar-refractivity contribution in [2.75, 3.05) is 21.3 Å². The van der Waals surface area contributed by atoms with Crippen LogP contribution in [0.5, 0.6) is 17.2 Å². The number of rotatable bonds is 7. The molecule has 0 atom stereocenters. The van der Waals surface area contributed by atoms with Crippen LogP contribution >= 0.6 is 0 Å². The number of hydrogen-bond acceptors (Lipinski definition) is 7. The molecule has 0 aliphatic rings. The van der Waals surface area contributed by atoms with Crippen molar-refractivity contribution in [2.45, 2.75) is 6.61 Å². The third kappa shape index (κ3) is 4.76. The van der Waals surface area contributed by atoms with Crippen LogP contribution in [-0.2, 0) is 16.1 Å². The highest BCUT2D eigenvalue weighted by Gasteiger charge is 2.09. The molecule has 0 amide bonds. The summed E-state index contributed by atoms with van der Waals surface area (Å²) in [5.41, 5.74) is 1.04. The maximum atomic E-state index is 12.2. The van der Waals surface area contributed by atoms with Gasteiger partial charge in [0.2, 0.25) is 0 Å². The van der Waals surface area contributed by atoms with Crippen molar-refractivity contribution in [1.82, 2.24) is 0 Å². The molecular weight excluding hydrogens is 376 g/mol. The Bertz CT molecular complexity index is 1110. The number of carbonyl (C=O) groups excluding carboxylic acids is 1. The van der Waals surface area contributed by atoms with Crippen LogP contribution in [0.1, 0.15) is 11.1 Å². The molecule has 0 bridgehead atoms. The lowest BCUT2D eigenvalue weighted by molar-refractivity contribution is -0.138. The number of carbonyl (C=O) groups is 1. The number of ether oxygens (including phenoxy) is 4. The molecule has 0 N–H and O–H groups in total. The van der Waals surface area contributed by atoms with E-state index >= 15 is 0 Å². The summed E-state index contributed by atoms with van der Waals surface area (Å²) in [6.45, 7) is -0.0765. The maximum Gasteiger partial charge on any atom is 0.336 e. The molecule has 0 saturated carbocycles. The molecule has 7 heteroatoms. The van der Waals surface area contributed by atoms with Crippen molar-refractivity contribution < 1.29 is 28.2 Å². The predicted octanol–water partition coefficient (Wildman–Crippen LogP) is 3.58. The number of benzene rings is 2. The van der Waals surface area contributed by atoms with Gasteiger partial charge in [0.15, 0.2) is 0 Å². The monoisotopic (exact) mass is 396 g/mol. The van der Waals surface area contributed by atoms with Crippen molar-refractivity contribution in [1.29, 1.82) is 0 Å². The second kappa shape index (κ2) is 8.97. The Balaban J connectivity index is 1.76. The van der Waals surface area contributed by atoms with Crippen molar-refractivity contribution in [3.63, 3.8) is 0 Å². The van der Waals surface area contributed by atoms with E-state index in [2.05, 4.69) is 0 Å². The summed E-state index contributed by atoms with van der Waals surface area (Å²) in [6, 6.07) is 11.6. The fourth-order valence-corrected chi connectivity index (χ4v) is 2.78. The van der Waals surface area contributed by atoms with Crippen molar-refractivity contribution in [3.8, 4) is 17.2 Å². The molecule has 0 aliphatic heterocycles. The summed E-state index contributed by atoms with van der Waals surface area (Å²) in [6.07, 6.45) is 2.86. The van der Waals surface area contributed by atoms with Gasteiger partial charge in [-0.2, -0.15) is 0 Å². The molecule has 2 aromatic carbocycles. The van der Waals surface area contributed by atoms with Crippen molar-refractivity contribution in [3.05, 3.63) is 70.1 Å². The number of fused-ring (bicyclic) bond motifs is 1. The van der Waals surface area contributed by atoms with Crippen LogP contribution in [0.15, 0.2) is 57.8 Å². The first-order valence-electron chi connectivity index (χ1n) is 8.71. The Morgan fingerprint density at radius 3 is 2.41 bits per heavy atom. The maximum absolute atomic E-state index is 12.2. The van der Waals surface area contributed by atoms with E-state index < -0.39 is 11.6 Å². The quantitative estimate of drug-likeness (QED) is 0.343. The Hall–Kier alpha value is -3.74. The Morgan fingerprint density at radius 1 is 0.966 bits per heavy atom. The third-order valence-corrected chi connectivity index (χ3v) is 4.24. The van der Waals surface area contributed by atoms with E-state index in [1.165, 1.54) is 19.3 Å². The summed E-state index contributed by atoms with van der Waals surface area (Å²) < 4.78 is 26.1. The molecule has 1 heterocycles. The summed E-state index contributed by atoms with van der Waals surface area (Å²) in [5, 5.41) is 0.664. The Kier molecular flexibility index (Phi) is 6.19. The average molecular weight is 396 g/mol. The fourth-order valence-electron chi connectivity index (χ4n) is 2.78. The molecule has 0 saturated heterocycles. The van der Waals surface area contributed by atoms with Crippen LogP contribution in [0.4, 0.5) is 0 Å². The van der Waals surface area contributed by atoms with E-state index in [-0.39, 0.29) is 6.61 Å². The first kappa shape index (κ1) is 20.0. The van der Waals surface area contributed by atoms with Gasteiger partial charge in [0.25, 0.3) is 0 Å². The lowest BCUT2D eigenvalue weighted by atomic mass is 10.1. The van der Waals surface area contributed by atoms with Gasteiger partial charge in [-0.25, -0.2) is 9.59 Å². The molecule has 0 radical (unpaired) electrons. The first-order valence-corrected chi connectivity index (χ1v) is 8.71. The van der Waals surface area contributed by atoms with Crippen molar-refractivity contribution >= 4 is 23.0 Å². The van der Waals surface area contributed by atoms with E-state index in [1.807, 2.05) is 0 Å². The van der Waals surface area contributed by atoms with E-state index in [0.717, 1.165) is 0 Å². The van der Waals surface area contributed by atoms with Gasteiger partial charge in [-0.1, -0.05) is 0 Å². The molecule has 0 unspecified atom stereocenters. The SMILES string of the molecule is COc1ccc(OC)c(/C=C/C(=O)OCc2cc(=O)oc3cc(OC)ccc23)c1. The topological polar surface area (TPSA) is 84.2 Å². The van der Waals surface area contributed by atoms with Crippen LogP contribution in [0, 0.1) is 0 Å². The lowest BCUT2D eigenvalue weighted by Gasteiger charge is -2.08. The third-order valence-electron chi connectivity index (χ3n) is 4.24. The number of hydrogen-bond donors (Lipinski definition) is 0. The highest BCUT2D eigenvalue weighted by Crippen LogP contribution is 2.25. The zero-order valence-electron chi connectivity index (χ0n) is 16.3. The van der Waals surface area contributed by atoms with Gasteiger partial charge < -0.3 is 23.4 Å². The van der Waals surface area contributed by atoms with Crippen LogP contribution in [0.2, 0.25) is 0 Å². The van der Waals surface area contributed by atoms with Gasteiger partial charge in [0, 0.05) is 34.7 Å². The summed E-state index contributed by atoms with van der Waals surface area (Å²) in [5.74, 6) is 1.22. The average Bonchev–Trinajstić information content (AvgIpc) is 2.74. The molecule has 29 heavy (non-hydrogen) atoms. The normalized spacial score (nSPS) is 10.9. The van der Waals surface area contributed by atoms with E-state index in [0.29, 0.717) is 39.3 Å². The summed E-state index contributed by atoms with van der Waals surface area (Å²) in [4.78, 5) is 24.0. The molecule has 0 aliphatic carbocycles. The largest absolute Gasteiger partial charge is 0.497 e. The highest BCUT2D eigenvalue weighted by molar-refractivity contribution is 5.88. The highest BCUT2D eigenvalue weighted by atomic mass is 16.5. The summed E-state index contributed by atoms with van der Waals surface area (Å²) in [7, 11) is 4.62. The van der Waals surface area contributed by atoms with Gasteiger partial charge in [-0.05, 0) is 36.4 Å².